The molecule has 0 bridgehead atoms. The predicted molar refractivity (Wildman–Crippen MR) is 165 cm³/mol. The molecule has 0 radical (unpaired) electrons. The van der Waals surface area contributed by atoms with E-state index in [9.17, 15) is 4.79 Å². The number of rotatable bonds is 4. The normalized spacial score (nSPS) is 22.3. The highest BCUT2D eigenvalue weighted by Crippen LogP contribution is 2.53. The summed E-state index contributed by atoms with van der Waals surface area (Å²) in [4.78, 5) is 21.8. The van der Waals surface area contributed by atoms with E-state index >= 15 is 0 Å². The van der Waals surface area contributed by atoms with E-state index in [1.807, 2.05) is 60.7 Å². The fourth-order valence-electron chi connectivity index (χ4n) is 5.48. The maximum atomic E-state index is 14.5. The van der Waals surface area contributed by atoms with Crippen molar-refractivity contribution < 1.29 is 4.79 Å². The zero-order valence-electron chi connectivity index (χ0n) is 20.9. The van der Waals surface area contributed by atoms with Gasteiger partial charge in [0.15, 0.2) is 17.1 Å². The third-order valence-corrected chi connectivity index (χ3v) is 10.2. The van der Waals surface area contributed by atoms with Crippen LogP contribution in [0.3, 0.4) is 0 Å². The Morgan fingerprint density at radius 2 is 1.46 bits per heavy atom. The van der Waals surface area contributed by atoms with Crippen molar-refractivity contribution in [3.63, 3.8) is 0 Å². The molecule has 2 aliphatic heterocycles. The summed E-state index contributed by atoms with van der Waals surface area (Å²) in [5.41, 5.74) is 2.19. The molecule has 2 atom stereocenters. The van der Waals surface area contributed by atoms with Gasteiger partial charge in [0, 0.05) is 11.6 Å². The van der Waals surface area contributed by atoms with Crippen LogP contribution in [0, 0.1) is 0 Å². The summed E-state index contributed by atoms with van der Waals surface area (Å²) in [7, 11) is -1.03. The van der Waals surface area contributed by atoms with Gasteiger partial charge in [-0.25, -0.2) is 14.2 Å². The number of aliphatic imine (C=N–C) groups is 1. The van der Waals surface area contributed by atoms with Crippen LogP contribution in [0.25, 0.3) is 0 Å². The Labute approximate surface area is 251 Å². The smallest absolute Gasteiger partial charge is 0.267 e. The topological polar surface area (TPSA) is 39.2 Å². The number of benzene rings is 3. The number of anilines is 1. The molecule has 6 rings (SSSR count). The molecular formula is C29H26Cl4N4OS. The quantitative estimate of drug-likeness (QED) is 0.218. The molecular weight excluding hydrogens is 594 g/mol. The van der Waals surface area contributed by atoms with Crippen LogP contribution in [0.15, 0.2) is 89.9 Å². The van der Waals surface area contributed by atoms with Gasteiger partial charge in [0.25, 0.3) is 5.91 Å². The second-order valence-corrected chi connectivity index (χ2v) is 14.1. The summed E-state index contributed by atoms with van der Waals surface area (Å²) in [5.74, 6) is 0.446. The molecule has 39 heavy (non-hydrogen) atoms. The lowest BCUT2D eigenvalue weighted by atomic mass is 9.94. The number of nitrogens with zero attached hydrogens (tertiary/aromatic N) is 4. The zero-order chi connectivity index (χ0) is 27.1. The average Bonchev–Trinajstić information content (AvgIpc) is 3.49. The highest BCUT2D eigenvalue weighted by atomic mass is 35.6. The second kappa shape index (κ2) is 11.1. The van der Waals surface area contributed by atoms with E-state index in [1.54, 1.807) is 28.6 Å². The van der Waals surface area contributed by atoms with Crippen molar-refractivity contribution in [1.82, 2.24) is 9.21 Å². The molecule has 3 aromatic rings. The molecule has 0 N–H and O–H groups in total. The van der Waals surface area contributed by atoms with Crippen LogP contribution in [-0.2, 0) is 0 Å². The van der Waals surface area contributed by atoms with Crippen LogP contribution in [0.1, 0.15) is 48.0 Å². The first-order valence-corrected chi connectivity index (χ1v) is 15.5. The first kappa shape index (κ1) is 27.1. The molecule has 5 nitrogen and oxygen atoms in total. The van der Waals surface area contributed by atoms with Crippen LogP contribution >= 0.6 is 57.3 Å². The molecule has 1 amide bonds. The van der Waals surface area contributed by atoms with Gasteiger partial charge in [-0.05, 0) is 37.1 Å². The number of amides is 1. The Balaban J connectivity index is 1.59. The van der Waals surface area contributed by atoms with Crippen molar-refractivity contribution in [3.05, 3.63) is 101 Å². The maximum absolute atomic E-state index is 14.5. The molecule has 0 spiro atoms. The Morgan fingerprint density at radius 1 is 0.846 bits per heavy atom. The molecule has 1 unspecified atom stereocenters. The minimum Gasteiger partial charge on any atom is -0.268 e. The zero-order valence-corrected chi connectivity index (χ0v) is 24.7. The molecule has 3 aliphatic rings. The first-order valence-electron chi connectivity index (χ1n) is 12.9. The lowest BCUT2D eigenvalue weighted by Crippen LogP contribution is -2.56. The van der Waals surface area contributed by atoms with Gasteiger partial charge in [0.05, 0.1) is 27.1 Å². The monoisotopic (exact) mass is 618 g/mol. The summed E-state index contributed by atoms with van der Waals surface area (Å²) in [5, 5.41) is 1.09. The Kier molecular flexibility index (Phi) is 7.70. The van der Waals surface area contributed by atoms with E-state index in [1.165, 1.54) is 6.42 Å². The Bertz CT molecular complexity index is 1440. The van der Waals surface area contributed by atoms with Crippen molar-refractivity contribution in [2.24, 2.45) is 4.99 Å². The van der Waals surface area contributed by atoms with E-state index in [2.05, 4.69) is 9.21 Å². The standard InChI is InChI=1S/C29H26Cl4N4OS/c30-24-19-11-10-18-23(24)26(38)37-27(29(31,32)33)35(21-14-6-2-7-15-21)28-34-25(20-12-4-1-5-13-20)36(39(28)37)22-16-8-3-9-17-22/h1,3-5,8-13,16-19,21,27H,2,6-7,14-15H2/t27-,39?/m0/s1. The van der Waals surface area contributed by atoms with Gasteiger partial charge in [-0.2, -0.15) is 0 Å². The molecule has 0 saturated heterocycles. The summed E-state index contributed by atoms with van der Waals surface area (Å²) in [6.45, 7) is 0. The van der Waals surface area contributed by atoms with Gasteiger partial charge in [-0.3, -0.25) is 9.10 Å². The van der Waals surface area contributed by atoms with Gasteiger partial charge in [-0.1, -0.05) is 126 Å². The molecule has 3 aromatic carbocycles. The first-order chi connectivity index (χ1) is 18.9. The molecule has 1 saturated carbocycles. The van der Waals surface area contributed by atoms with Crippen molar-refractivity contribution in [1.29, 1.82) is 0 Å². The van der Waals surface area contributed by atoms with Crippen molar-refractivity contribution in [2.75, 3.05) is 4.31 Å². The average molecular weight is 620 g/mol. The Morgan fingerprint density at radius 3 is 2.10 bits per heavy atom. The number of hydrogen-bond acceptors (Lipinski definition) is 4. The fraction of sp³-hybridized carbons (Fsp3) is 0.276. The van der Waals surface area contributed by atoms with Gasteiger partial charge >= 0.3 is 0 Å². The van der Waals surface area contributed by atoms with Crippen molar-refractivity contribution >= 4 is 79.8 Å². The molecule has 2 heterocycles. The van der Waals surface area contributed by atoms with E-state index in [0.717, 1.165) is 47.9 Å². The fourth-order valence-corrected chi connectivity index (χ4v) is 8.94. The van der Waals surface area contributed by atoms with Gasteiger partial charge < -0.3 is 0 Å². The van der Waals surface area contributed by atoms with E-state index in [4.69, 9.17) is 51.4 Å². The summed E-state index contributed by atoms with van der Waals surface area (Å²) in [6, 6.07) is 27.0. The summed E-state index contributed by atoms with van der Waals surface area (Å²) in [6.07, 6.45) is 4.33. The number of amidine groups is 1. The molecule has 0 aromatic heterocycles. The van der Waals surface area contributed by atoms with Crippen LogP contribution in [0.5, 0.6) is 0 Å². The minimum absolute atomic E-state index is 0.0879. The lowest BCUT2D eigenvalue weighted by Gasteiger charge is -2.42. The number of carbonyl (C=O) groups excluding carboxylic acids is 1. The largest absolute Gasteiger partial charge is 0.268 e. The third kappa shape index (κ3) is 5.01. The molecule has 1 aliphatic carbocycles. The van der Waals surface area contributed by atoms with Crippen molar-refractivity contribution in [2.45, 2.75) is 48.1 Å². The Hall–Kier alpha value is -2.06. The van der Waals surface area contributed by atoms with Gasteiger partial charge in [0.2, 0.25) is 3.79 Å². The minimum atomic E-state index is -1.80. The summed E-state index contributed by atoms with van der Waals surface area (Å²) < 4.78 is 2.00. The SMILES string of the molecule is O=C(c1ccccc1Cl)N1[C@@H](C(Cl)(Cl)Cl)N(C2CCCCC2)C2=S1N(c1ccccc1)C(c1ccccc1)=N2. The molecule has 202 valence electrons. The van der Waals surface area contributed by atoms with Crippen molar-refractivity contribution in [3.8, 4) is 0 Å². The molecule has 1 fully saturated rings. The van der Waals surface area contributed by atoms with E-state index < -0.39 is 20.8 Å². The highest BCUT2D eigenvalue weighted by Gasteiger charge is 2.57. The van der Waals surface area contributed by atoms with Gasteiger partial charge in [-0.15, -0.1) is 0 Å². The van der Waals surface area contributed by atoms with E-state index in [-0.39, 0.29) is 11.9 Å². The number of hydrogen-bond donors (Lipinski definition) is 0. The number of alkyl halides is 3. The van der Waals surface area contributed by atoms with Gasteiger partial charge in [0.1, 0.15) is 0 Å². The van der Waals surface area contributed by atoms with Crippen LogP contribution in [0.2, 0.25) is 5.02 Å². The van der Waals surface area contributed by atoms with Crippen LogP contribution in [0.4, 0.5) is 5.69 Å². The van der Waals surface area contributed by atoms with Crippen LogP contribution in [-0.4, -0.2) is 42.1 Å². The number of para-hydroxylation sites is 1. The number of halogens is 4. The third-order valence-electron chi connectivity index (χ3n) is 7.21. The summed E-state index contributed by atoms with van der Waals surface area (Å²) >= 11 is 26.9. The maximum Gasteiger partial charge on any atom is 0.267 e. The van der Waals surface area contributed by atoms with Crippen LogP contribution < -0.4 is 4.31 Å². The lowest BCUT2D eigenvalue weighted by molar-refractivity contribution is 0.0695. The van der Waals surface area contributed by atoms with E-state index in [0.29, 0.717) is 10.6 Å². The highest BCUT2D eigenvalue weighted by molar-refractivity contribution is 8.16. The predicted octanol–water partition coefficient (Wildman–Crippen LogP) is 8.28. The second-order valence-electron chi connectivity index (χ2n) is 9.70. The number of carbonyl (C=O) groups is 1. The molecule has 10 heteroatoms.